The molecule has 1 aromatic rings. The van der Waals surface area contributed by atoms with Crippen molar-refractivity contribution in [3.63, 3.8) is 0 Å². The zero-order chi connectivity index (χ0) is 10.8. The first-order valence-electron chi connectivity index (χ1n) is 4.01. The van der Waals surface area contributed by atoms with Crippen molar-refractivity contribution in [1.29, 1.82) is 0 Å². The van der Waals surface area contributed by atoms with Gasteiger partial charge in [0, 0.05) is 4.88 Å². The normalized spacial score (nSPS) is 11.6. The number of anilines is 1. The number of rotatable bonds is 4. The summed E-state index contributed by atoms with van der Waals surface area (Å²) >= 11 is 6.57. The van der Waals surface area contributed by atoms with Crippen LogP contribution in [0.5, 0.6) is 0 Å². The fraction of sp³-hybridized carbons (Fsp3) is 0.571. The second-order valence-corrected chi connectivity index (χ2v) is 6.21. The van der Waals surface area contributed by atoms with Gasteiger partial charge in [0.2, 0.25) is 10.0 Å². The van der Waals surface area contributed by atoms with Crippen molar-refractivity contribution in [2.75, 3.05) is 9.93 Å². The van der Waals surface area contributed by atoms with Gasteiger partial charge in [0.15, 0.2) is 5.13 Å². The number of sulfonamides is 1. The average molecular weight is 255 g/mol. The zero-order valence-electron chi connectivity index (χ0n) is 7.87. The zero-order valence-corrected chi connectivity index (χ0v) is 10.3. The molecule has 0 amide bonds. The van der Waals surface area contributed by atoms with Crippen LogP contribution in [-0.4, -0.2) is 18.6 Å². The molecule has 0 spiro atoms. The lowest BCUT2D eigenvalue weighted by atomic mass is 10.3. The maximum atomic E-state index is 11.1. The van der Waals surface area contributed by atoms with Crippen molar-refractivity contribution in [3.8, 4) is 0 Å². The third kappa shape index (κ3) is 2.83. The number of thiazole rings is 1. The summed E-state index contributed by atoms with van der Waals surface area (Å²) in [6.45, 7) is 3.89. The summed E-state index contributed by atoms with van der Waals surface area (Å²) in [6.07, 6.45) is 0.797. The van der Waals surface area contributed by atoms with Crippen LogP contribution in [0.1, 0.15) is 17.5 Å². The van der Waals surface area contributed by atoms with Gasteiger partial charge in [0.25, 0.3) is 0 Å². The number of alkyl halides is 1. The van der Waals surface area contributed by atoms with Crippen LogP contribution in [0.3, 0.4) is 0 Å². The van der Waals surface area contributed by atoms with E-state index in [9.17, 15) is 8.42 Å². The van der Waals surface area contributed by atoms with Crippen molar-refractivity contribution < 1.29 is 8.42 Å². The number of aromatic nitrogens is 1. The molecule has 80 valence electrons. The van der Waals surface area contributed by atoms with Gasteiger partial charge in [-0.05, 0) is 13.3 Å². The van der Waals surface area contributed by atoms with E-state index in [0.717, 1.165) is 17.0 Å². The molecule has 14 heavy (non-hydrogen) atoms. The number of hydrogen-bond acceptors (Lipinski definition) is 4. The van der Waals surface area contributed by atoms with Crippen LogP contribution in [0.4, 0.5) is 5.13 Å². The molecular weight excluding hydrogens is 244 g/mol. The minimum Gasteiger partial charge on any atom is -0.258 e. The molecule has 1 aromatic heterocycles. The van der Waals surface area contributed by atoms with E-state index < -0.39 is 15.2 Å². The van der Waals surface area contributed by atoms with Crippen LogP contribution >= 0.6 is 22.9 Å². The summed E-state index contributed by atoms with van der Waals surface area (Å²) in [5.74, 6) is 0. The molecule has 0 saturated carbocycles. The third-order valence-electron chi connectivity index (χ3n) is 1.61. The Kier molecular flexibility index (Phi) is 3.74. The Hall–Kier alpha value is -0.330. The van der Waals surface area contributed by atoms with Gasteiger partial charge in [-0.25, -0.2) is 13.4 Å². The molecule has 0 saturated heterocycles. The van der Waals surface area contributed by atoms with E-state index >= 15 is 0 Å². The SMILES string of the molecule is CCc1nc(NS(=O)(=O)CCl)sc1C. The second-order valence-electron chi connectivity index (χ2n) is 2.70. The number of halogens is 1. The molecule has 0 aromatic carbocycles. The maximum absolute atomic E-state index is 11.1. The van der Waals surface area contributed by atoms with Crippen molar-refractivity contribution in [1.82, 2.24) is 4.98 Å². The Morgan fingerprint density at radius 3 is 2.64 bits per heavy atom. The Labute approximate surface area is 92.4 Å². The third-order valence-corrected chi connectivity index (χ3v) is 4.33. The van der Waals surface area contributed by atoms with E-state index in [2.05, 4.69) is 9.71 Å². The van der Waals surface area contributed by atoms with Gasteiger partial charge in [-0.2, -0.15) is 0 Å². The molecule has 0 aliphatic heterocycles. The molecule has 0 bridgehead atoms. The summed E-state index contributed by atoms with van der Waals surface area (Å²) in [5.41, 5.74) is 0.919. The summed E-state index contributed by atoms with van der Waals surface area (Å²) < 4.78 is 24.5. The van der Waals surface area contributed by atoms with Gasteiger partial charge in [-0.15, -0.1) is 22.9 Å². The van der Waals surface area contributed by atoms with Gasteiger partial charge < -0.3 is 0 Å². The van der Waals surface area contributed by atoms with E-state index in [0.29, 0.717) is 5.13 Å². The summed E-state index contributed by atoms with van der Waals surface area (Å²) in [7, 11) is -3.42. The van der Waals surface area contributed by atoms with Gasteiger partial charge in [0.05, 0.1) is 5.69 Å². The Balaban J connectivity index is 2.88. The molecule has 1 heterocycles. The van der Waals surface area contributed by atoms with E-state index in [1.807, 2.05) is 13.8 Å². The largest absolute Gasteiger partial charge is 0.258 e. The molecule has 7 heteroatoms. The molecule has 4 nitrogen and oxygen atoms in total. The summed E-state index contributed by atoms with van der Waals surface area (Å²) in [5, 5.41) is -0.0624. The molecule has 0 aliphatic rings. The highest BCUT2D eigenvalue weighted by molar-refractivity contribution is 7.94. The molecule has 0 aliphatic carbocycles. The van der Waals surface area contributed by atoms with Crippen molar-refractivity contribution >= 4 is 38.1 Å². The van der Waals surface area contributed by atoms with Crippen LogP contribution in [-0.2, 0) is 16.4 Å². The lowest BCUT2D eigenvalue weighted by Crippen LogP contribution is -2.13. The van der Waals surface area contributed by atoms with Crippen LogP contribution < -0.4 is 4.72 Å². The van der Waals surface area contributed by atoms with E-state index in [1.54, 1.807) is 0 Å². The maximum Gasteiger partial charge on any atom is 0.248 e. The monoisotopic (exact) mass is 254 g/mol. The van der Waals surface area contributed by atoms with Gasteiger partial charge in [0.1, 0.15) is 5.21 Å². The standard InChI is InChI=1S/C7H11ClN2O2S2/c1-3-6-5(2)13-7(9-6)10-14(11,12)4-8/h3-4H2,1-2H3,(H,9,10). The lowest BCUT2D eigenvalue weighted by Gasteiger charge is -1.98. The molecule has 0 atom stereocenters. The molecule has 0 unspecified atom stereocenters. The summed E-state index contributed by atoms with van der Waals surface area (Å²) in [4.78, 5) is 5.16. The predicted molar refractivity (Wildman–Crippen MR) is 59.5 cm³/mol. The highest BCUT2D eigenvalue weighted by Gasteiger charge is 2.12. The van der Waals surface area contributed by atoms with Crippen molar-refractivity contribution in [2.24, 2.45) is 0 Å². The van der Waals surface area contributed by atoms with Crippen LogP contribution in [0, 0.1) is 6.92 Å². The van der Waals surface area contributed by atoms with Gasteiger partial charge in [-0.3, -0.25) is 4.72 Å². The predicted octanol–water partition coefficient (Wildman–Crippen LogP) is 1.95. The second kappa shape index (κ2) is 4.46. The molecule has 1 N–H and O–H groups in total. The lowest BCUT2D eigenvalue weighted by molar-refractivity contribution is 0.605. The van der Waals surface area contributed by atoms with Crippen LogP contribution in [0.25, 0.3) is 0 Å². The quantitative estimate of drug-likeness (QED) is 0.836. The number of aryl methyl sites for hydroxylation is 2. The molecular formula is C7H11ClN2O2S2. The molecule has 0 radical (unpaired) electrons. The van der Waals surface area contributed by atoms with E-state index in [4.69, 9.17) is 11.6 Å². The van der Waals surface area contributed by atoms with Crippen LogP contribution in [0.15, 0.2) is 0 Å². The average Bonchev–Trinajstić information content (AvgIpc) is 2.45. The first-order valence-corrected chi connectivity index (χ1v) is 7.01. The van der Waals surface area contributed by atoms with Crippen LogP contribution in [0.2, 0.25) is 0 Å². The van der Waals surface area contributed by atoms with Crippen molar-refractivity contribution in [3.05, 3.63) is 10.6 Å². The fourth-order valence-corrected chi connectivity index (χ4v) is 2.79. The Bertz CT molecular complexity index is 413. The highest BCUT2D eigenvalue weighted by atomic mass is 35.5. The Morgan fingerprint density at radius 1 is 1.57 bits per heavy atom. The minimum absolute atomic E-state index is 0.389. The number of nitrogens with zero attached hydrogens (tertiary/aromatic N) is 1. The van der Waals surface area contributed by atoms with E-state index in [1.165, 1.54) is 11.3 Å². The molecule has 0 fully saturated rings. The highest BCUT2D eigenvalue weighted by Crippen LogP contribution is 2.23. The number of hydrogen-bond donors (Lipinski definition) is 1. The summed E-state index contributed by atoms with van der Waals surface area (Å²) in [6, 6.07) is 0. The topological polar surface area (TPSA) is 59.1 Å². The smallest absolute Gasteiger partial charge is 0.248 e. The van der Waals surface area contributed by atoms with Gasteiger partial charge in [-0.1, -0.05) is 6.92 Å². The fourth-order valence-electron chi connectivity index (χ4n) is 0.960. The number of nitrogens with one attached hydrogen (secondary N) is 1. The first kappa shape index (κ1) is 11.7. The van der Waals surface area contributed by atoms with Gasteiger partial charge >= 0.3 is 0 Å². The first-order chi connectivity index (χ1) is 6.48. The minimum atomic E-state index is -3.42. The van der Waals surface area contributed by atoms with Crippen molar-refractivity contribution in [2.45, 2.75) is 20.3 Å². The molecule has 1 rings (SSSR count). The van der Waals surface area contributed by atoms with E-state index in [-0.39, 0.29) is 0 Å². The Morgan fingerprint density at radius 2 is 2.21 bits per heavy atom.